The maximum atomic E-state index is 14.0. The van der Waals surface area contributed by atoms with E-state index in [1.807, 2.05) is 6.92 Å². The van der Waals surface area contributed by atoms with Crippen molar-refractivity contribution in [1.29, 1.82) is 0 Å². The Bertz CT molecular complexity index is 593. The van der Waals surface area contributed by atoms with Gasteiger partial charge in [0.1, 0.15) is 17.4 Å². The van der Waals surface area contributed by atoms with Gasteiger partial charge in [0.2, 0.25) is 0 Å². The SMILES string of the molecule is CCCC(C)(N)c1ncc(-c2c(F)cccc2OC)[nH]1. The molecule has 0 spiro atoms. The first-order valence-electron chi connectivity index (χ1n) is 6.67. The van der Waals surface area contributed by atoms with Crippen molar-refractivity contribution in [3.8, 4) is 17.0 Å². The van der Waals surface area contributed by atoms with Crippen molar-refractivity contribution in [3.63, 3.8) is 0 Å². The lowest BCUT2D eigenvalue weighted by Gasteiger charge is -2.21. The summed E-state index contributed by atoms with van der Waals surface area (Å²) in [6.45, 7) is 3.98. The van der Waals surface area contributed by atoms with Crippen LogP contribution in [0.3, 0.4) is 0 Å². The van der Waals surface area contributed by atoms with Gasteiger partial charge in [-0.05, 0) is 25.5 Å². The normalized spacial score (nSPS) is 14.1. The average molecular weight is 277 g/mol. The molecule has 1 unspecified atom stereocenters. The van der Waals surface area contributed by atoms with Crippen LogP contribution in [0.4, 0.5) is 4.39 Å². The minimum atomic E-state index is -0.550. The molecule has 3 N–H and O–H groups in total. The summed E-state index contributed by atoms with van der Waals surface area (Å²) >= 11 is 0. The molecule has 0 aliphatic rings. The molecule has 4 nitrogen and oxygen atoms in total. The smallest absolute Gasteiger partial charge is 0.136 e. The largest absolute Gasteiger partial charge is 0.496 e. The summed E-state index contributed by atoms with van der Waals surface area (Å²) < 4.78 is 19.2. The highest BCUT2D eigenvalue weighted by atomic mass is 19.1. The Morgan fingerprint density at radius 1 is 1.45 bits per heavy atom. The fourth-order valence-corrected chi connectivity index (χ4v) is 2.31. The number of nitrogens with zero attached hydrogens (tertiary/aromatic N) is 1. The van der Waals surface area contributed by atoms with Crippen LogP contribution in [0.1, 0.15) is 32.5 Å². The van der Waals surface area contributed by atoms with E-state index in [0.29, 0.717) is 22.8 Å². The summed E-state index contributed by atoms with van der Waals surface area (Å²) in [5, 5.41) is 0. The van der Waals surface area contributed by atoms with E-state index in [0.717, 1.165) is 12.8 Å². The summed E-state index contributed by atoms with van der Waals surface area (Å²) in [5.41, 5.74) is 6.63. The first-order valence-corrected chi connectivity index (χ1v) is 6.67. The highest BCUT2D eigenvalue weighted by Gasteiger charge is 2.24. The van der Waals surface area contributed by atoms with Crippen LogP contribution in [0.25, 0.3) is 11.3 Å². The fourth-order valence-electron chi connectivity index (χ4n) is 2.31. The molecule has 108 valence electrons. The molecular formula is C15H20FN3O. The van der Waals surface area contributed by atoms with E-state index in [1.165, 1.54) is 13.2 Å². The van der Waals surface area contributed by atoms with Crippen LogP contribution in [-0.2, 0) is 5.54 Å². The number of hydrogen-bond donors (Lipinski definition) is 2. The van der Waals surface area contributed by atoms with Gasteiger partial charge in [0.25, 0.3) is 0 Å². The average Bonchev–Trinajstić information content (AvgIpc) is 2.88. The number of ether oxygens (including phenoxy) is 1. The Balaban J connectivity index is 2.44. The molecule has 0 radical (unpaired) electrons. The van der Waals surface area contributed by atoms with Crippen LogP contribution in [0, 0.1) is 5.82 Å². The van der Waals surface area contributed by atoms with E-state index in [4.69, 9.17) is 10.5 Å². The van der Waals surface area contributed by atoms with E-state index in [2.05, 4.69) is 16.9 Å². The van der Waals surface area contributed by atoms with Crippen molar-refractivity contribution in [2.45, 2.75) is 32.2 Å². The molecular weight excluding hydrogens is 257 g/mol. The van der Waals surface area contributed by atoms with E-state index in [9.17, 15) is 4.39 Å². The van der Waals surface area contributed by atoms with Crippen LogP contribution >= 0.6 is 0 Å². The molecule has 0 bridgehead atoms. The summed E-state index contributed by atoms with van der Waals surface area (Å²) in [4.78, 5) is 7.41. The van der Waals surface area contributed by atoms with Gasteiger partial charge in [-0.3, -0.25) is 0 Å². The van der Waals surface area contributed by atoms with E-state index in [-0.39, 0.29) is 5.82 Å². The Kier molecular flexibility index (Phi) is 4.09. The fraction of sp³-hybridized carbons (Fsp3) is 0.400. The molecule has 1 aromatic heterocycles. The van der Waals surface area contributed by atoms with Gasteiger partial charge in [0.15, 0.2) is 0 Å². The molecule has 0 saturated heterocycles. The third-order valence-electron chi connectivity index (χ3n) is 3.35. The number of rotatable bonds is 5. The summed E-state index contributed by atoms with van der Waals surface area (Å²) in [6.07, 6.45) is 3.34. The van der Waals surface area contributed by atoms with Crippen LogP contribution in [0.2, 0.25) is 0 Å². The van der Waals surface area contributed by atoms with Gasteiger partial charge < -0.3 is 15.5 Å². The minimum Gasteiger partial charge on any atom is -0.496 e. The number of halogens is 1. The van der Waals surface area contributed by atoms with E-state index < -0.39 is 5.54 Å². The zero-order chi connectivity index (χ0) is 14.8. The van der Waals surface area contributed by atoms with Gasteiger partial charge in [-0.1, -0.05) is 19.4 Å². The van der Waals surface area contributed by atoms with Crippen molar-refractivity contribution in [1.82, 2.24) is 9.97 Å². The van der Waals surface area contributed by atoms with Crippen molar-refractivity contribution in [3.05, 3.63) is 36.0 Å². The van der Waals surface area contributed by atoms with Crippen molar-refractivity contribution in [2.75, 3.05) is 7.11 Å². The third-order valence-corrected chi connectivity index (χ3v) is 3.35. The number of aromatic nitrogens is 2. The molecule has 1 atom stereocenters. The Hall–Kier alpha value is -1.88. The van der Waals surface area contributed by atoms with Gasteiger partial charge in [-0.15, -0.1) is 0 Å². The van der Waals surface area contributed by atoms with E-state index >= 15 is 0 Å². The molecule has 0 aliphatic heterocycles. The minimum absolute atomic E-state index is 0.353. The first-order chi connectivity index (χ1) is 9.49. The van der Waals surface area contributed by atoms with Gasteiger partial charge in [-0.2, -0.15) is 0 Å². The summed E-state index contributed by atoms with van der Waals surface area (Å²) in [5.74, 6) is 0.767. The predicted molar refractivity (Wildman–Crippen MR) is 77.0 cm³/mol. The molecule has 2 rings (SSSR count). The molecule has 20 heavy (non-hydrogen) atoms. The Morgan fingerprint density at radius 3 is 2.85 bits per heavy atom. The van der Waals surface area contributed by atoms with E-state index in [1.54, 1.807) is 18.3 Å². The van der Waals surface area contributed by atoms with Crippen LogP contribution in [0.15, 0.2) is 24.4 Å². The predicted octanol–water partition coefficient (Wildman–Crippen LogP) is 3.20. The standard InChI is InChI=1S/C15H20FN3O/c1-4-8-15(2,17)14-18-9-11(19-14)13-10(16)6-5-7-12(13)20-3/h5-7,9H,4,8,17H2,1-3H3,(H,18,19). The monoisotopic (exact) mass is 277 g/mol. The quantitative estimate of drug-likeness (QED) is 0.882. The van der Waals surface area contributed by atoms with Crippen molar-refractivity contribution in [2.24, 2.45) is 5.73 Å². The molecule has 1 aromatic carbocycles. The second kappa shape index (κ2) is 5.63. The second-order valence-electron chi connectivity index (χ2n) is 5.13. The van der Waals surface area contributed by atoms with Crippen LogP contribution < -0.4 is 10.5 Å². The maximum Gasteiger partial charge on any atom is 0.136 e. The molecule has 1 heterocycles. The zero-order valence-electron chi connectivity index (χ0n) is 12.0. The molecule has 2 aromatic rings. The van der Waals surface area contributed by atoms with Gasteiger partial charge in [0.05, 0.1) is 30.1 Å². The molecule has 5 heteroatoms. The maximum absolute atomic E-state index is 14.0. The Labute approximate surface area is 118 Å². The number of nitrogens with two attached hydrogens (primary N) is 1. The van der Waals surface area contributed by atoms with Crippen molar-refractivity contribution < 1.29 is 9.13 Å². The third kappa shape index (κ3) is 2.67. The number of benzene rings is 1. The lowest BCUT2D eigenvalue weighted by atomic mass is 9.97. The highest BCUT2D eigenvalue weighted by Crippen LogP contribution is 2.32. The lowest BCUT2D eigenvalue weighted by Crippen LogP contribution is -2.34. The number of hydrogen-bond acceptors (Lipinski definition) is 3. The number of aromatic amines is 1. The number of nitrogens with one attached hydrogen (secondary N) is 1. The molecule has 0 aliphatic carbocycles. The van der Waals surface area contributed by atoms with Gasteiger partial charge in [-0.25, -0.2) is 9.37 Å². The summed E-state index contributed by atoms with van der Waals surface area (Å²) in [6, 6.07) is 4.72. The number of methoxy groups -OCH3 is 1. The topological polar surface area (TPSA) is 63.9 Å². The summed E-state index contributed by atoms with van der Waals surface area (Å²) in [7, 11) is 1.51. The molecule has 0 saturated carbocycles. The van der Waals surface area contributed by atoms with Crippen LogP contribution in [0.5, 0.6) is 5.75 Å². The molecule has 0 fully saturated rings. The van der Waals surface area contributed by atoms with Crippen molar-refractivity contribution >= 4 is 0 Å². The second-order valence-corrected chi connectivity index (χ2v) is 5.13. The van der Waals surface area contributed by atoms with Gasteiger partial charge >= 0.3 is 0 Å². The molecule has 0 amide bonds. The number of H-pyrrole nitrogens is 1. The number of imidazole rings is 1. The first kappa shape index (κ1) is 14.5. The van der Waals surface area contributed by atoms with Gasteiger partial charge in [0, 0.05) is 0 Å². The Morgan fingerprint density at radius 2 is 2.20 bits per heavy atom. The van der Waals surface area contributed by atoms with Crippen LogP contribution in [-0.4, -0.2) is 17.1 Å². The zero-order valence-corrected chi connectivity index (χ0v) is 12.0. The highest BCUT2D eigenvalue weighted by molar-refractivity contribution is 5.67. The lowest BCUT2D eigenvalue weighted by molar-refractivity contribution is 0.412.